The molecule has 2 atom stereocenters. The normalized spacial score (nSPS) is 17.6. The lowest BCUT2D eigenvalue weighted by Gasteiger charge is -2.32. The largest absolute Gasteiger partial charge is 0.484 e. The molecule has 1 saturated heterocycles. The van der Waals surface area contributed by atoms with E-state index in [2.05, 4.69) is 65.2 Å². The quantitative estimate of drug-likeness (QED) is 0.346. The minimum Gasteiger partial charge on any atom is -0.484 e. The van der Waals surface area contributed by atoms with E-state index >= 15 is 0 Å². The molecule has 184 valence electrons. The topological polar surface area (TPSA) is 59.6 Å². The van der Waals surface area contributed by atoms with Crippen molar-refractivity contribution < 1.29 is 14.3 Å². The lowest BCUT2D eigenvalue weighted by atomic mass is 9.87. The van der Waals surface area contributed by atoms with Crippen LogP contribution in [0.25, 0.3) is 10.8 Å². The molecule has 0 spiro atoms. The number of fused-ring (bicyclic) bond motifs is 1. The molecule has 4 aromatic rings. The van der Waals surface area contributed by atoms with Crippen molar-refractivity contribution in [3.05, 3.63) is 114 Å². The SMILES string of the molecule is O=C(COc1ccc(C2CCNCC2OCc2ccc3ccccc3c2)cc1)NCc1ccccc1. The Hall–Kier alpha value is -3.67. The van der Waals surface area contributed by atoms with Gasteiger partial charge in [-0.15, -0.1) is 0 Å². The van der Waals surface area contributed by atoms with Gasteiger partial charge in [-0.2, -0.15) is 0 Å². The van der Waals surface area contributed by atoms with Gasteiger partial charge < -0.3 is 20.1 Å². The van der Waals surface area contributed by atoms with Gasteiger partial charge in [-0.3, -0.25) is 4.79 Å². The molecule has 2 unspecified atom stereocenters. The van der Waals surface area contributed by atoms with Gasteiger partial charge in [0.05, 0.1) is 12.7 Å². The molecule has 2 N–H and O–H groups in total. The number of nitrogens with one attached hydrogen (secondary N) is 2. The number of hydrogen-bond donors (Lipinski definition) is 2. The van der Waals surface area contributed by atoms with Gasteiger partial charge in [0.25, 0.3) is 5.91 Å². The van der Waals surface area contributed by atoms with E-state index in [0.29, 0.717) is 24.8 Å². The van der Waals surface area contributed by atoms with E-state index in [1.54, 1.807) is 0 Å². The summed E-state index contributed by atoms with van der Waals surface area (Å²) in [5.74, 6) is 0.870. The van der Waals surface area contributed by atoms with Crippen LogP contribution >= 0.6 is 0 Å². The number of carbonyl (C=O) groups excluding carboxylic acids is 1. The standard InChI is InChI=1S/C31H32N2O3/c34-31(33-19-23-6-2-1-3-7-23)22-35-28-14-12-26(13-15-28)29-16-17-32-20-30(29)36-21-24-10-11-25-8-4-5-9-27(25)18-24/h1-15,18,29-30,32H,16-17,19-22H2,(H,33,34). The van der Waals surface area contributed by atoms with Crippen molar-refractivity contribution in [1.82, 2.24) is 10.6 Å². The number of benzene rings is 4. The first-order valence-corrected chi connectivity index (χ1v) is 12.6. The first kappa shape index (κ1) is 24.0. The molecule has 1 heterocycles. The highest BCUT2D eigenvalue weighted by Gasteiger charge is 2.27. The summed E-state index contributed by atoms with van der Waals surface area (Å²) in [7, 11) is 0. The highest BCUT2D eigenvalue weighted by Crippen LogP contribution is 2.30. The van der Waals surface area contributed by atoms with Crippen molar-refractivity contribution in [2.24, 2.45) is 0 Å². The van der Waals surface area contributed by atoms with E-state index in [-0.39, 0.29) is 18.6 Å². The molecule has 0 aromatic heterocycles. The Morgan fingerprint density at radius 1 is 0.861 bits per heavy atom. The molecular formula is C31H32N2O3. The zero-order valence-electron chi connectivity index (χ0n) is 20.4. The van der Waals surface area contributed by atoms with E-state index in [4.69, 9.17) is 9.47 Å². The van der Waals surface area contributed by atoms with Gasteiger partial charge in [0.2, 0.25) is 0 Å². The second-order valence-electron chi connectivity index (χ2n) is 9.25. The zero-order valence-corrected chi connectivity index (χ0v) is 20.4. The van der Waals surface area contributed by atoms with Crippen LogP contribution in [-0.2, 0) is 22.7 Å². The fourth-order valence-corrected chi connectivity index (χ4v) is 4.73. The number of amides is 1. The highest BCUT2D eigenvalue weighted by molar-refractivity contribution is 5.83. The Morgan fingerprint density at radius 3 is 2.47 bits per heavy atom. The molecule has 4 aromatic carbocycles. The van der Waals surface area contributed by atoms with Gasteiger partial charge in [0.1, 0.15) is 5.75 Å². The van der Waals surface area contributed by atoms with Gasteiger partial charge in [0, 0.05) is 19.0 Å². The van der Waals surface area contributed by atoms with Crippen LogP contribution in [0.1, 0.15) is 29.0 Å². The predicted molar refractivity (Wildman–Crippen MR) is 143 cm³/mol. The molecular weight excluding hydrogens is 448 g/mol. The van der Waals surface area contributed by atoms with Crippen molar-refractivity contribution in [2.45, 2.75) is 31.6 Å². The minimum absolute atomic E-state index is 0.00295. The van der Waals surface area contributed by atoms with Crippen molar-refractivity contribution in [1.29, 1.82) is 0 Å². The predicted octanol–water partition coefficient (Wildman–Crippen LogP) is 5.20. The number of carbonyl (C=O) groups is 1. The van der Waals surface area contributed by atoms with Crippen LogP contribution in [0.5, 0.6) is 5.75 Å². The first-order valence-electron chi connectivity index (χ1n) is 12.6. The lowest BCUT2D eigenvalue weighted by molar-refractivity contribution is -0.123. The Bertz CT molecular complexity index is 1270. The van der Waals surface area contributed by atoms with E-state index in [0.717, 1.165) is 25.1 Å². The summed E-state index contributed by atoms with van der Waals surface area (Å²) in [5.41, 5.74) is 3.49. The van der Waals surface area contributed by atoms with Crippen molar-refractivity contribution in [3.8, 4) is 5.75 Å². The smallest absolute Gasteiger partial charge is 0.258 e. The molecule has 5 nitrogen and oxygen atoms in total. The van der Waals surface area contributed by atoms with Crippen LogP contribution in [0.15, 0.2) is 97.1 Å². The van der Waals surface area contributed by atoms with Gasteiger partial charge in [-0.05, 0) is 58.6 Å². The summed E-state index contributed by atoms with van der Waals surface area (Å²) in [6.45, 7) is 2.89. The fraction of sp³-hybridized carbons (Fsp3) is 0.258. The number of hydrogen-bond acceptors (Lipinski definition) is 4. The third kappa shape index (κ3) is 6.30. The Balaban J connectivity index is 1.14. The third-order valence-corrected chi connectivity index (χ3v) is 6.72. The second-order valence-corrected chi connectivity index (χ2v) is 9.25. The molecule has 36 heavy (non-hydrogen) atoms. The van der Waals surface area contributed by atoms with Crippen molar-refractivity contribution in [2.75, 3.05) is 19.7 Å². The molecule has 5 heteroatoms. The molecule has 0 bridgehead atoms. The average molecular weight is 481 g/mol. The maximum atomic E-state index is 12.1. The average Bonchev–Trinajstić information content (AvgIpc) is 2.95. The van der Waals surface area contributed by atoms with E-state index in [1.807, 2.05) is 42.5 Å². The summed E-state index contributed by atoms with van der Waals surface area (Å²) in [5, 5.41) is 8.84. The Kier molecular flexibility index (Phi) is 7.91. The molecule has 0 saturated carbocycles. The lowest BCUT2D eigenvalue weighted by Crippen LogP contribution is -2.40. The van der Waals surface area contributed by atoms with Crippen molar-refractivity contribution in [3.63, 3.8) is 0 Å². The van der Waals surface area contributed by atoms with Gasteiger partial charge in [-0.25, -0.2) is 0 Å². The summed E-state index contributed by atoms with van der Waals surface area (Å²) >= 11 is 0. The monoisotopic (exact) mass is 480 g/mol. The molecule has 1 aliphatic rings. The van der Waals surface area contributed by atoms with Crippen LogP contribution in [0.4, 0.5) is 0 Å². The van der Waals surface area contributed by atoms with Crippen LogP contribution in [0, 0.1) is 0 Å². The summed E-state index contributed by atoms with van der Waals surface area (Å²) in [6, 6.07) is 32.9. The Labute approximate surface area is 212 Å². The van der Waals surface area contributed by atoms with Crippen LogP contribution in [0.2, 0.25) is 0 Å². The third-order valence-electron chi connectivity index (χ3n) is 6.72. The van der Waals surface area contributed by atoms with Gasteiger partial charge in [0.15, 0.2) is 6.61 Å². The Morgan fingerprint density at radius 2 is 1.64 bits per heavy atom. The first-order chi connectivity index (χ1) is 17.7. The fourth-order valence-electron chi connectivity index (χ4n) is 4.73. The van der Waals surface area contributed by atoms with E-state index in [9.17, 15) is 4.79 Å². The molecule has 1 aliphatic heterocycles. The molecule has 0 radical (unpaired) electrons. The van der Waals surface area contributed by atoms with Crippen LogP contribution in [0.3, 0.4) is 0 Å². The molecule has 0 aliphatic carbocycles. The molecule has 1 fully saturated rings. The number of ether oxygens (including phenoxy) is 2. The van der Waals surface area contributed by atoms with Gasteiger partial charge >= 0.3 is 0 Å². The number of rotatable bonds is 9. The summed E-state index contributed by atoms with van der Waals surface area (Å²) in [4.78, 5) is 12.1. The van der Waals surface area contributed by atoms with Crippen molar-refractivity contribution >= 4 is 16.7 Å². The van der Waals surface area contributed by atoms with Crippen LogP contribution in [-0.4, -0.2) is 31.7 Å². The van der Waals surface area contributed by atoms with Crippen LogP contribution < -0.4 is 15.4 Å². The summed E-state index contributed by atoms with van der Waals surface area (Å²) in [6.07, 6.45) is 1.12. The second kappa shape index (κ2) is 11.8. The maximum absolute atomic E-state index is 12.1. The zero-order chi connectivity index (χ0) is 24.6. The summed E-state index contributed by atoms with van der Waals surface area (Å²) < 4.78 is 12.1. The molecule has 5 rings (SSSR count). The van der Waals surface area contributed by atoms with E-state index < -0.39 is 0 Å². The number of piperidine rings is 1. The molecule has 1 amide bonds. The van der Waals surface area contributed by atoms with E-state index in [1.165, 1.54) is 21.9 Å². The maximum Gasteiger partial charge on any atom is 0.258 e. The van der Waals surface area contributed by atoms with Gasteiger partial charge in [-0.1, -0.05) is 78.9 Å². The minimum atomic E-state index is -0.136. The highest BCUT2D eigenvalue weighted by atomic mass is 16.5.